The van der Waals surface area contributed by atoms with Crippen LogP contribution in [0.1, 0.15) is 21.5 Å². The third kappa shape index (κ3) is 3.24. The van der Waals surface area contributed by atoms with Crippen molar-refractivity contribution in [2.75, 3.05) is 24.7 Å². The van der Waals surface area contributed by atoms with Gasteiger partial charge in [-0.3, -0.25) is 9.59 Å². The number of benzene rings is 1. The molecule has 0 unspecified atom stereocenters. The van der Waals surface area contributed by atoms with E-state index in [9.17, 15) is 22.8 Å². The highest BCUT2D eigenvalue weighted by atomic mass is 19.4. The minimum Gasteiger partial charge on any atom is -0.370 e. The number of hydrogen-bond donors (Lipinski definition) is 0. The Morgan fingerprint density at radius 3 is 2.48 bits per heavy atom. The van der Waals surface area contributed by atoms with Crippen LogP contribution in [-0.2, 0) is 9.53 Å². The Kier molecular flexibility index (Phi) is 4.04. The highest BCUT2D eigenvalue weighted by Crippen LogP contribution is 2.33. The number of hydrogen-bond acceptors (Lipinski definition) is 3. The summed E-state index contributed by atoms with van der Waals surface area (Å²) in [6.07, 6.45) is -4.41. The molecule has 1 aliphatic rings. The SMILES string of the molecule is Cc1cc(C)c2c(c1)C(=O)C(=O)N2CCOCC(F)(F)F. The van der Waals surface area contributed by atoms with E-state index in [4.69, 9.17) is 0 Å². The van der Waals surface area contributed by atoms with E-state index >= 15 is 0 Å². The molecule has 0 spiro atoms. The second-order valence-corrected chi connectivity index (χ2v) is 4.93. The van der Waals surface area contributed by atoms with Gasteiger partial charge in [-0.15, -0.1) is 0 Å². The predicted octanol–water partition coefficient (Wildman–Crippen LogP) is 2.41. The molecule has 2 rings (SSSR count). The highest BCUT2D eigenvalue weighted by Gasteiger charge is 2.37. The molecule has 0 fully saturated rings. The lowest BCUT2D eigenvalue weighted by Crippen LogP contribution is -2.34. The molecule has 1 heterocycles. The number of amides is 1. The second kappa shape index (κ2) is 5.48. The molecule has 1 aromatic rings. The van der Waals surface area contributed by atoms with Gasteiger partial charge in [-0.25, -0.2) is 0 Å². The number of nitrogens with zero attached hydrogens (tertiary/aromatic N) is 1. The number of fused-ring (bicyclic) bond motifs is 1. The first kappa shape index (κ1) is 15.5. The summed E-state index contributed by atoms with van der Waals surface area (Å²) in [6.45, 7) is 1.81. The molecule has 0 atom stereocenters. The zero-order chi connectivity index (χ0) is 15.8. The van der Waals surface area contributed by atoms with Crippen molar-refractivity contribution in [3.05, 3.63) is 28.8 Å². The quantitative estimate of drug-likeness (QED) is 0.634. The van der Waals surface area contributed by atoms with Crippen LogP contribution in [0.4, 0.5) is 18.9 Å². The molecule has 0 bridgehead atoms. The number of halogens is 3. The third-order valence-corrected chi connectivity index (χ3v) is 3.12. The first-order valence-corrected chi connectivity index (χ1v) is 6.32. The Morgan fingerprint density at radius 1 is 1.19 bits per heavy atom. The van der Waals surface area contributed by atoms with Crippen LogP contribution < -0.4 is 4.90 Å². The van der Waals surface area contributed by atoms with Gasteiger partial charge in [0.25, 0.3) is 11.7 Å². The van der Waals surface area contributed by atoms with E-state index in [-0.39, 0.29) is 13.2 Å². The molecule has 7 heteroatoms. The molecule has 1 aliphatic heterocycles. The summed E-state index contributed by atoms with van der Waals surface area (Å²) in [5, 5.41) is 0. The monoisotopic (exact) mass is 301 g/mol. The summed E-state index contributed by atoms with van der Waals surface area (Å²) in [6, 6.07) is 3.42. The lowest BCUT2D eigenvalue weighted by molar-refractivity contribution is -0.173. The third-order valence-electron chi connectivity index (χ3n) is 3.12. The van der Waals surface area contributed by atoms with E-state index < -0.39 is 24.5 Å². The molecule has 0 aliphatic carbocycles. The Bertz CT molecular complexity index is 596. The van der Waals surface area contributed by atoms with E-state index in [0.717, 1.165) is 11.1 Å². The number of anilines is 1. The largest absolute Gasteiger partial charge is 0.411 e. The fourth-order valence-electron chi connectivity index (χ4n) is 2.39. The van der Waals surface area contributed by atoms with Crippen LogP contribution in [0.2, 0.25) is 0 Å². The van der Waals surface area contributed by atoms with Crippen molar-refractivity contribution in [3.63, 3.8) is 0 Å². The first-order valence-electron chi connectivity index (χ1n) is 6.32. The smallest absolute Gasteiger partial charge is 0.370 e. The van der Waals surface area contributed by atoms with Gasteiger partial charge in [0.15, 0.2) is 0 Å². The number of alkyl halides is 3. The van der Waals surface area contributed by atoms with Gasteiger partial charge in [0.2, 0.25) is 0 Å². The topological polar surface area (TPSA) is 46.6 Å². The molecule has 21 heavy (non-hydrogen) atoms. The lowest BCUT2D eigenvalue weighted by Gasteiger charge is -2.19. The van der Waals surface area contributed by atoms with Crippen LogP contribution in [0.3, 0.4) is 0 Å². The number of ketones is 1. The van der Waals surface area contributed by atoms with Crippen molar-refractivity contribution in [3.8, 4) is 0 Å². The fraction of sp³-hybridized carbons (Fsp3) is 0.429. The maximum Gasteiger partial charge on any atom is 0.411 e. The number of Topliss-reactive ketones (excluding diaryl/α,β-unsaturated/α-hetero) is 1. The van der Waals surface area contributed by atoms with E-state index in [1.807, 2.05) is 6.07 Å². The van der Waals surface area contributed by atoms with Crippen LogP contribution in [0.15, 0.2) is 12.1 Å². The van der Waals surface area contributed by atoms with Crippen molar-refractivity contribution in [1.29, 1.82) is 0 Å². The van der Waals surface area contributed by atoms with Gasteiger partial charge in [0.05, 0.1) is 17.9 Å². The van der Waals surface area contributed by atoms with E-state index in [2.05, 4.69) is 4.74 Å². The summed E-state index contributed by atoms with van der Waals surface area (Å²) in [5.74, 6) is -1.36. The summed E-state index contributed by atoms with van der Waals surface area (Å²) in [5.41, 5.74) is 2.35. The average molecular weight is 301 g/mol. The molecule has 0 N–H and O–H groups in total. The minimum absolute atomic E-state index is 0.0858. The number of aryl methyl sites for hydroxylation is 2. The average Bonchev–Trinajstić information content (AvgIpc) is 2.58. The van der Waals surface area contributed by atoms with E-state index in [0.29, 0.717) is 11.3 Å². The maximum atomic E-state index is 12.0. The van der Waals surface area contributed by atoms with Gasteiger partial charge in [0, 0.05) is 6.54 Å². The molecule has 1 aromatic carbocycles. The second-order valence-electron chi connectivity index (χ2n) is 4.93. The van der Waals surface area contributed by atoms with Crippen LogP contribution in [0, 0.1) is 13.8 Å². The van der Waals surface area contributed by atoms with Crippen molar-refractivity contribution < 1.29 is 27.5 Å². The minimum atomic E-state index is -4.41. The Morgan fingerprint density at radius 2 is 1.86 bits per heavy atom. The number of carbonyl (C=O) groups excluding carboxylic acids is 2. The summed E-state index contributed by atoms with van der Waals surface area (Å²) >= 11 is 0. The van der Waals surface area contributed by atoms with Crippen LogP contribution >= 0.6 is 0 Å². The first-order chi connectivity index (χ1) is 9.70. The van der Waals surface area contributed by atoms with Crippen molar-refractivity contribution in [2.24, 2.45) is 0 Å². The van der Waals surface area contributed by atoms with Gasteiger partial charge in [-0.05, 0) is 31.0 Å². The van der Waals surface area contributed by atoms with Gasteiger partial charge in [0.1, 0.15) is 6.61 Å². The standard InChI is InChI=1S/C14H14F3NO3/c1-8-5-9(2)11-10(6-8)12(19)13(20)18(11)3-4-21-7-14(15,16)17/h5-6H,3-4,7H2,1-2H3. The van der Waals surface area contributed by atoms with Gasteiger partial charge in [-0.1, -0.05) is 6.07 Å². The molecular formula is C14H14F3NO3. The maximum absolute atomic E-state index is 12.0. The van der Waals surface area contributed by atoms with Gasteiger partial charge < -0.3 is 9.64 Å². The van der Waals surface area contributed by atoms with E-state index in [1.54, 1.807) is 19.9 Å². The summed E-state index contributed by atoms with van der Waals surface area (Å²) < 4.78 is 40.4. The molecule has 0 aromatic heterocycles. The Hall–Kier alpha value is -1.89. The van der Waals surface area contributed by atoms with Crippen LogP contribution in [0.25, 0.3) is 0 Å². The Labute approximate surface area is 119 Å². The molecule has 0 saturated carbocycles. The van der Waals surface area contributed by atoms with Gasteiger partial charge in [-0.2, -0.15) is 13.2 Å². The molecule has 1 amide bonds. The number of ether oxygens (including phenoxy) is 1. The van der Waals surface area contributed by atoms with Gasteiger partial charge >= 0.3 is 6.18 Å². The number of carbonyl (C=O) groups is 2. The van der Waals surface area contributed by atoms with Crippen molar-refractivity contribution >= 4 is 17.4 Å². The predicted molar refractivity (Wildman–Crippen MR) is 69.5 cm³/mol. The van der Waals surface area contributed by atoms with E-state index in [1.165, 1.54) is 4.90 Å². The zero-order valence-electron chi connectivity index (χ0n) is 11.6. The summed E-state index contributed by atoms with van der Waals surface area (Å²) in [4.78, 5) is 25.0. The summed E-state index contributed by atoms with van der Waals surface area (Å²) in [7, 11) is 0. The molecular weight excluding hydrogens is 287 g/mol. The Balaban J connectivity index is 2.12. The molecule has 0 saturated heterocycles. The highest BCUT2D eigenvalue weighted by molar-refractivity contribution is 6.52. The van der Waals surface area contributed by atoms with Crippen LogP contribution in [-0.4, -0.2) is 37.6 Å². The number of rotatable bonds is 4. The van der Waals surface area contributed by atoms with Crippen molar-refractivity contribution in [1.82, 2.24) is 0 Å². The molecule has 4 nitrogen and oxygen atoms in total. The van der Waals surface area contributed by atoms with Crippen molar-refractivity contribution in [2.45, 2.75) is 20.0 Å². The normalized spacial score (nSPS) is 14.8. The zero-order valence-corrected chi connectivity index (χ0v) is 11.6. The molecule has 114 valence electrons. The van der Waals surface area contributed by atoms with Crippen LogP contribution in [0.5, 0.6) is 0 Å². The molecule has 0 radical (unpaired) electrons. The lowest BCUT2D eigenvalue weighted by atomic mass is 10.0. The fourth-order valence-corrected chi connectivity index (χ4v) is 2.39.